The molecule has 0 saturated heterocycles. The van der Waals surface area contributed by atoms with Crippen LogP contribution in [-0.2, 0) is 11.4 Å². The fraction of sp³-hybridized carbons (Fsp3) is 0.318. The van der Waals surface area contributed by atoms with Gasteiger partial charge in [-0.25, -0.2) is 0 Å². The zero-order chi connectivity index (χ0) is 19.6. The lowest BCUT2D eigenvalue weighted by Crippen LogP contribution is -2.12. The molecule has 0 bridgehead atoms. The van der Waals surface area contributed by atoms with Gasteiger partial charge in [0, 0.05) is 42.0 Å². The molecular formula is C22H26N4O2. The Balaban J connectivity index is 1.68. The minimum atomic E-state index is 0.000759. The molecule has 3 rings (SSSR count). The predicted molar refractivity (Wildman–Crippen MR) is 111 cm³/mol. The molecule has 0 aliphatic heterocycles. The number of pyridine rings is 2. The van der Waals surface area contributed by atoms with Crippen molar-refractivity contribution in [3.8, 4) is 5.75 Å². The van der Waals surface area contributed by atoms with Crippen LogP contribution in [0.15, 0.2) is 55.0 Å². The third-order valence-corrected chi connectivity index (χ3v) is 4.41. The quantitative estimate of drug-likeness (QED) is 0.523. The summed E-state index contributed by atoms with van der Waals surface area (Å²) in [5.74, 6) is 0.689. The predicted octanol–water partition coefficient (Wildman–Crippen LogP) is 3.93. The second kappa shape index (κ2) is 10.4. The van der Waals surface area contributed by atoms with Crippen molar-refractivity contribution in [2.24, 2.45) is 0 Å². The lowest BCUT2D eigenvalue weighted by atomic mass is 10.1. The number of nitrogens with zero attached hydrogens (tertiary/aromatic N) is 2. The van der Waals surface area contributed by atoms with Gasteiger partial charge in [-0.2, -0.15) is 0 Å². The van der Waals surface area contributed by atoms with E-state index in [1.54, 1.807) is 18.6 Å². The van der Waals surface area contributed by atoms with Crippen LogP contribution in [0, 0.1) is 0 Å². The van der Waals surface area contributed by atoms with E-state index in [-0.39, 0.29) is 5.91 Å². The molecule has 2 aromatic heterocycles. The Bertz CT molecular complexity index is 899. The smallest absolute Gasteiger partial charge is 0.224 e. The number of rotatable bonds is 10. The fourth-order valence-corrected chi connectivity index (χ4v) is 2.97. The molecule has 0 aliphatic rings. The number of unbranched alkanes of at least 4 members (excludes halogenated alkanes) is 2. The van der Waals surface area contributed by atoms with Gasteiger partial charge < -0.3 is 15.4 Å². The van der Waals surface area contributed by atoms with Crippen molar-refractivity contribution in [3.63, 3.8) is 0 Å². The number of hydrogen-bond donors (Lipinski definition) is 2. The van der Waals surface area contributed by atoms with Crippen LogP contribution in [-0.4, -0.2) is 29.5 Å². The van der Waals surface area contributed by atoms with E-state index in [1.807, 2.05) is 43.4 Å². The van der Waals surface area contributed by atoms with Gasteiger partial charge in [-0.05, 0) is 44.6 Å². The monoisotopic (exact) mass is 378 g/mol. The third kappa shape index (κ3) is 5.76. The number of anilines is 1. The molecule has 0 fully saturated rings. The highest BCUT2D eigenvalue weighted by atomic mass is 16.5. The molecule has 0 radical (unpaired) electrons. The van der Waals surface area contributed by atoms with E-state index in [4.69, 9.17) is 4.74 Å². The molecule has 2 heterocycles. The van der Waals surface area contributed by atoms with E-state index >= 15 is 0 Å². The van der Waals surface area contributed by atoms with Crippen LogP contribution in [0.5, 0.6) is 5.75 Å². The van der Waals surface area contributed by atoms with Crippen molar-refractivity contribution in [1.29, 1.82) is 0 Å². The van der Waals surface area contributed by atoms with E-state index in [9.17, 15) is 4.79 Å². The average molecular weight is 378 g/mol. The van der Waals surface area contributed by atoms with Crippen LogP contribution in [0.2, 0.25) is 0 Å². The SMILES string of the molecule is CNCCCCCC(=O)Nc1cc(OCc2cccnc2)cc2cccnc12. The van der Waals surface area contributed by atoms with E-state index in [0.29, 0.717) is 24.5 Å². The molecule has 0 unspecified atom stereocenters. The largest absolute Gasteiger partial charge is 0.489 e. The second-order valence-corrected chi connectivity index (χ2v) is 6.66. The lowest BCUT2D eigenvalue weighted by molar-refractivity contribution is -0.116. The summed E-state index contributed by atoms with van der Waals surface area (Å²) in [5.41, 5.74) is 2.43. The summed E-state index contributed by atoms with van der Waals surface area (Å²) in [6, 6.07) is 11.5. The van der Waals surface area contributed by atoms with Crippen LogP contribution in [0.1, 0.15) is 31.2 Å². The first-order valence-corrected chi connectivity index (χ1v) is 9.61. The summed E-state index contributed by atoms with van der Waals surface area (Å²) >= 11 is 0. The number of fused-ring (bicyclic) bond motifs is 1. The van der Waals surface area contributed by atoms with Crippen molar-refractivity contribution < 1.29 is 9.53 Å². The molecule has 0 saturated carbocycles. The van der Waals surface area contributed by atoms with Gasteiger partial charge in [0.25, 0.3) is 0 Å². The minimum absolute atomic E-state index is 0.000759. The van der Waals surface area contributed by atoms with Crippen LogP contribution in [0.3, 0.4) is 0 Å². The number of carbonyl (C=O) groups is 1. The normalized spacial score (nSPS) is 10.8. The summed E-state index contributed by atoms with van der Waals surface area (Å²) in [6.07, 6.45) is 8.71. The van der Waals surface area contributed by atoms with Crippen molar-refractivity contribution >= 4 is 22.5 Å². The second-order valence-electron chi connectivity index (χ2n) is 6.66. The maximum absolute atomic E-state index is 12.4. The Kier molecular flexibility index (Phi) is 7.32. The number of ether oxygens (including phenoxy) is 1. The average Bonchev–Trinajstić information content (AvgIpc) is 2.73. The molecule has 6 nitrogen and oxygen atoms in total. The minimum Gasteiger partial charge on any atom is -0.489 e. The first-order valence-electron chi connectivity index (χ1n) is 9.61. The Morgan fingerprint density at radius 1 is 1.11 bits per heavy atom. The van der Waals surface area contributed by atoms with Crippen molar-refractivity contribution in [3.05, 3.63) is 60.6 Å². The van der Waals surface area contributed by atoms with Gasteiger partial charge in [0.15, 0.2) is 0 Å². The van der Waals surface area contributed by atoms with Crippen LogP contribution >= 0.6 is 0 Å². The fourth-order valence-electron chi connectivity index (χ4n) is 2.97. The van der Waals surface area contributed by atoms with Gasteiger partial charge in [0.2, 0.25) is 5.91 Å². The number of hydrogen-bond acceptors (Lipinski definition) is 5. The molecule has 0 aliphatic carbocycles. The molecule has 28 heavy (non-hydrogen) atoms. The number of aromatic nitrogens is 2. The molecule has 2 N–H and O–H groups in total. The maximum atomic E-state index is 12.4. The van der Waals surface area contributed by atoms with Gasteiger partial charge >= 0.3 is 0 Å². The summed E-state index contributed by atoms with van der Waals surface area (Å²) < 4.78 is 5.92. The van der Waals surface area contributed by atoms with Gasteiger partial charge in [0.05, 0.1) is 11.2 Å². The highest BCUT2D eigenvalue weighted by Gasteiger charge is 2.10. The van der Waals surface area contributed by atoms with E-state index in [1.165, 1.54) is 0 Å². The van der Waals surface area contributed by atoms with Crippen LogP contribution < -0.4 is 15.4 Å². The Morgan fingerprint density at radius 2 is 2.00 bits per heavy atom. The Morgan fingerprint density at radius 3 is 2.82 bits per heavy atom. The molecule has 146 valence electrons. The maximum Gasteiger partial charge on any atom is 0.224 e. The van der Waals surface area contributed by atoms with E-state index in [0.717, 1.165) is 42.3 Å². The number of nitrogens with one attached hydrogen (secondary N) is 2. The Hall–Kier alpha value is -2.99. The highest BCUT2D eigenvalue weighted by molar-refractivity contribution is 6.01. The standard InChI is InChI=1S/C22H26N4O2/c1-23-10-4-2-3-9-21(27)26-20-14-19(13-18-8-6-12-25-22(18)20)28-16-17-7-5-11-24-15-17/h5-8,11-15,23H,2-4,9-10,16H2,1H3,(H,26,27). The molecule has 1 amide bonds. The molecule has 0 atom stereocenters. The number of carbonyl (C=O) groups excluding carboxylic acids is 1. The number of amides is 1. The molecule has 1 aromatic carbocycles. The highest BCUT2D eigenvalue weighted by Crippen LogP contribution is 2.28. The van der Waals surface area contributed by atoms with E-state index < -0.39 is 0 Å². The van der Waals surface area contributed by atoms with Gasteiger partial charge in [-0.15, -0.1) is 0 Å². The lowest BCUT2D eigenvalue weighted by Gasteiger charge is -2.12. The van der Waals surface area contributed by atoms with Crippen LogP contribution in [0.4, 0.5) is 5.69 Å². The Labute approximate surface area is 165 Å². The molecule has 6 heteroatoms. The molecule has 3 aromatic rings. The summed E-state index contributed by atoms with van der Waals surface area (Å²) in [5, 5.41) is 7.05. The van der Waals surface area contributed by atoms with Gasteiger partial charge in [0.1, 0.15) is 12.4 Å². The van der Waals surface area contributed by atoms with Crippen LogP contribution in [0.25, 0.3) is 10.9 Å². The third-order valence-electron chi connectivity index (χ3n) is 4.41. The zero-order valence-electron chi connectivity index (χ0n) is 16.1. The van der Waals surface area contributed by atoms with Crippen molar-refractivity contribution in [1.82, 2.24) is 15.3 Å². The first kappa shape index (κ1) is 19.8. The molecule has 0 spiro atoms. The topological polar surface area (TPSA) is 76.1 Å². The van der Waals surface area contributed by atoms with E-state index in [2.05, 4.69) is 20.6 Å². The summed E-state index contributed by atoms with van der Waals surface area (Å²) in [4.78, 5) is 20.9. The number of benzene rings is 1. The van der Waals surface area contributed by atoms with Crippen molar-refractivity contribution in [2.45, 2.75) is 32.3 Å². The van der Waals surface area contributed by atoms with Crippen molar-refractivity contribution in [2.75, 3.05) is 18.9 Å². The molecular weight excluding hydrogens is 352 g/mol. The summed E-state index contributed by atoms with van der Waals surface area (Å²) in [7, 11) is 1.94. The summed E-state index contributed by atoms with van der Waals surface area (Å²) in [6.45, 7) is 1.39. The van der Waals surface area contributed by atoms with Gasteiger partial charge in [-0.1, -0.05) is 18.6 Å². The van der Waals surface area contributed by atoms with Gasteiger partial charge in [-0.3, -0.25) is 14.8 Å². The first-order chi connectivity index (χ1) is 13.8. The zero-order valence-corrected chi connectivity index (χ0v) is 16.1.